The summed E-state index contributed by atoms with van der Waals surface area (Å²) in [6.07, 6.45) is -0.280. The molecule has 6 heteroatoms. The minimum atomic E-state index is -0.407. The molecule has 0 radical (unpaired) electrons. The van der Waals surface area contributed by atoms with Crippen LogP contribution in [0.25, 0.3) is 0 Å². The molecule has 0 aliphatic heterocycles. The third kappa shape index (κ3) is 5.00. The van der Waals surface area contributed by atoms with Crippen molar-refractivity contribution in [2.24, 2.45) is 0 Å². The van der Waals surface area contributed by atoms with Crippen molar-refractivity contribution in [2.45, 2.75) is 13.3 Å². The van der Waals surface area contributed by atoms with Crippen LogP contribution in [0.4, 0.5) is 11.4 Å². The van der Waals surface area contributed by atoms with Crippen LogP contribution in [0.5, 0.6) is 5.75 Å². The third-order valence-corrected chi connectivity index (χ3v) is 3.56. The molecule has 0 atom stereocenters. The smallest absolute Gasteiger partial charge is 0.233 e. The molecule has 2 N–H and O–H groups in total. The predicted octanol–water partition coefficient (Wildman–Crippen LogP) is 3.62. The lowest BCUT2D eigenvalue weighted by molar-refractivity contribution is -0.123. The Morgan fingerprint density at radius 2 is 1.57 bits per heavy atom. The van der Waals surface area contributed by atoms with Gasteiger partial charge < -0.3 is 15.4 Å². The van der Waals surface area contributed by atoms with E-state index in [1.54, 1.807) is 49.6 Å². The molecule has 0 aliphatic rings. The Hall–Kier alpha value is -2.53. The third-order valence-electron chi connectivity index (χ3n) is 3.15. The SMILES string of the molecule is COc1ccc(NC(=O)CC(=O)Nc2ccc(C)c(Cl)c2)cc1. The van der Waals surface area contributed by atoms with Gasteiger partial charge in [0.15, 0.2) is 0 Å². The highest BCUT2D eigenvalue weighted by atomic mass is 35.5. The zero-order chi connectivity index (χ0) is 16.8. The number of carbonyl (C=O) groups excluding carboxylic acids is 2. The van der Waals surface area contributed by atoms with E-state index in [4.69, 9.17) is 16.3 Å². The van der Waals surface area contributed by atoms with E-state index in [-0.39, 0.29) is 6.42 Å². The topological polar surface area (TPSA) is 67.4 Å². The van der Waals surface area contributed by atoms with Crippen LogP contribution in [0.3, 0.4) is 0 Å². The first-order valence-electron chi connectivity index (χ1n) is 6.98. The van der Waals surface area contributed by atoms with Crippen molar-refractivity contribution in [2.75, 3.05) is 17.7 Å². The summed E-state index contributed by atoms with van der Waals surface area (Å²) in [5.74, 6) is -0.112. The second kappa shape index (κ2) is 7.65. The maximum absolute atomic E-state index is 11.9. The quantitative estimate of drug-likeness (QED) is 0.822. The molecule has 0 fully saturated rings. The highest BCUT2D eigenvalue weighted by Crippen LogP contribution is 2.20. The number of halogens is 1. The molecule has 120 valence electrons. The predicted molar refractivity (Wildman–Crippen MR) is 91.1 cm³/mol. The number of amides is 2. The van der Waals surface area contributed by atoms with E-state index in [9.17, 15) is 9.59 Å². The zero-order valence-electron chi connectivity index (χ0n) is 12.9. The van der Waals surface area contributed by atoms with E-state index in [2.05, 4.69) is 10.6 Å². The first-order chi connectivity index (χ1) is 11.0. The molecule has 0 spiro atoms. The summed E-state index contributed by atoms with van der Waals surface area (Å²) >= 11 is 5.99. The molecule has 0 heterocycles. The van der Waals surface area contributed by atoms with Gasteiger partial charge in [-0.1, -0.05) is 17.7 Å². The highest BCUT2D eigenvalue weighted by Gasteiger charge is 2.10. The van der Waals surface area contributed by atoms with Gasteiger partial charge in [0, 0.05) is 16.4 Å². The lowest BCUT2D eigenvalue weighted by Gasteiger charge is -2.08. The number of rotatable bonds is 5. The molecule has 2 amide bonds. The summed E-state index contributed by atoms with van der Waals surface area (Å²) in [7, 11) is 1.56. The molecule has 5 nitrogen and oxygen atoms in total. The molecule has 23 heavy (non-hydrogen) atoms. The molecule has 0 aliphatic carbocycles. The summed E-state index contributed by atoms with van der Waals surface area (Å²) in [4.78, 5) is 23.7. The molecule has 0 bridgehead atoms. The fourth-order valence-electron chi connectivity index (χ4n) is 1.90. The summed E-state index contributed by atoms with van der Waals surface area (Å²) < 4.78 is 5.04. The Morgan fingerprint density at radius 1 is 1.00 bits per heavy atom. The van der Waals surface area contributed by atoms with Crippen LogP contribution in [0.1, 0.15) is 12.0 Å². The minimum Gasteiger partial charge on any atom is -0.497 e. The van der Waals surface area contributed by atoms with Crippen LogP contribution < -0.4 is 15.4 Å². The van der Waals surface area contributed by atoms with E-state index in [1.807, 2.05) is 6.92 Å². The summed E-state index contributed by atoms with van der Waals surface area (Å²) in [5, 5.41) is 5.85. The number of benzene rings is 2. The fourth-order valence-corrected chi connectivity index (χ4v) is 2.08. The first kappa shape index (κ1) is 16.8. The average Bonchev–Trinajstić information content (AvgIpc) is 2.51. The van der Waals surface area contributed by atoms with Gasteiger partial charge in [-0.15, -0.1) is 0 Å². The van der Waals surface area contributed by atoms with E-state index in [1.165, 1.54) is 0 Å². The monoisotopic (exact) mass is 332 g/mol. The minimum absolute atomic E-state index is 0.280. The van der Waals surface area contributed by atoms with Crippen molar-refractivity contribution >= 4 is 34.8 Å². The van der Waals surface area contributed by atoms with Crippen LogP contribution in [-0.2, 0) is 9.59 Å². The first-order valence-corrected chi connectivity index (χ1v) is 7.35. The average molecular weight is 333 g/mol. The Labute approximate surface area is 139 Å². The molecule has 2 aromatic rings. The molecular weight excluding hydrogens is 316 g/mol. The van der Waals surface area contributed by atoms with Gasteiger partial charge in [-0.3, -0.25) is 9.59 Å². The molecular formula is C17H17ClN2O3. The van der Waals surface area contributed by atoms with Gasteiger partial charge in [0.05, 0.1) is 7.11 Å². The summed E-state index contributed by atoms with van der Waals surface area (Å²) in [5.41, 5.74) is 2.08. The van der Waals surface area contributed by atoms with Crippen LogP contribution in [0, 0.1) is 6.92 Å². The van der Waals surface area contributed by atoms with Crippen molar-refractivity contribution in [1.82, 2.24) is 0 Å². The normalized spacial score (nSPS) is 10.0. The Bertz CT molecular complexity index is 714. The summed E-state index contributed by atoms with van der Waals surface area (Å²) in [6.45, 7) is 1.87. The van der Waals surface area contributed by atoms with E-state index in [0.717, 1.165) is 5.56 Å². The molecule has 0 aromatic heterocycles. The van der Waals surface area contributed by atoms with Gasteiger partial charge >= 0.3 is 0 Å². The van der Waals surface area contributed by atoms with Crippen molar-refractivity contribution in [3.05, 3.63) is 53.1 Å². The van der Waals surface area contributed by atoms with E-state index < -0.39 is 11.8 Å². The lowest BCUT2D eigenvalue weighted by atomic mass is 10.2. The summed E-state index contributed by atoms with van der Waals surface area (Å²) in [6, 6.07) is 12.0. The van der Waals surface area contributed by atoms with Crippen LogP contribution in [-0.4, -0.2) is 18.9 Å². The number of hydrogen-bond donors (Lipinski definition) is 2. The van der Waals surface area contributed by atoms with Crippen LogP contribution >= 0.6 is 11.6 Å². The molecule has 0 unspecified atom stereocenters. The van der Waals surface area contributed by atoms with Gasteiger partial charge in [-0.05, 0) is 48.9 Å². The number of anilines is 2. The van der Waals surface area contributed by atoms with Gasteiger partial charge in [0.1, 0.15) is 12.2 Å². The number of methoxy groups -OCH3 is 1. The second-order valence-electron chi connectivity index (χ2n) is 4.97. The Morgan fingerprint density at radius 3 is 2.13 bits per heavy atom. The standard InChI is InChI=1S/C17H17ClN2O3/c1-11-3-4-13(9-15(11)18)20-17(22)10-16(21)19-12-5-7-14(23-2)8-6-12/h3-9H,10H2,1-2H3,(H,19,21)(H,20,22). The lowest BCUT2D eigenvalue weighted by Crippen LogP contribution is -2.21. The number of carbonyl (C=O) groups is 2. The van der Waals surface area contributed by atoms with Crippen LogP contribution in [0.15, 0.2) is 42.5 Å². The number of aryl methyl sites for hydroxylation is 1. The van der Waals surface area contributed by atoms with Crippen LogP contribution in [0.2, 0.25) is 5.02 Å². The van der Waals surface area contributed by atoms with E-state index in [0.29, 0.717) is 22.1 Å². The van der Waals surface area contributed by atoms with Crippen molar-refractivity contribution < 1.29 is 14.3 Å². The largest absolute Gasteiger partial charge is 0.497 e. The molecule has 0 saturated carbocycles. The van der Waals surface area contributed by atoms with Crippen molar-refractivity contribution in [1.29, 1.82) is 0 Å². The number of nitrogens with one attached hydrogen (secondary N) is 2. The van der Waals surface area contributed by atoms with E-state index >= 15 is 0 Å². The fraction of sp³-hybridized carbons (Fsp3) is 0.176. The molecule has 2 rings (SSSR count). The maximum Gasteiger partial charge on any atom is 0.233 e. The zero-order valence-corrected chi connectivity index (χ0v) is 13.6. The maximum atomic E-state index is 11.9. The van der Waals surface area contributed by atoms with Gasteiger partial charge in [-0.2, -0.15) is 0 Å². The molecule has 0 saturated heterocycles. The van der Waals surface area contributed by atoms with Gasteiger partial charge in [0.2, 0.25) is 11.8 Å². The van der Waals surface area contributed by atoms with Gasteiger partial charge in [-0.25, -0.2) is 0 Å². The second-order valence-corrected chi connectivity index (χ2v) is 5.37. The van der Waals surface area contributed by atoms with Crippen molar-refractivity contribution in [3.63, 3.8) is 0 Å². The van der Waals surface area contributed by atoms with Gasteiger partial charge in [0.25, 0.3) is 0 Å². The number of hydrogen-bond acceptors (Lipinski definition) is 3. The highest BCUT2D eigenvalue weighted by molar-refractivity contribution is 6.31. The number of ether oxygens (including phenoxy) is 1. The molecule has 2 aromatic carbocycles. The van der Waals surface area contributed by atoms with Crippen molar-refractivity contribution in [3.8, 4) is 5.75 Å². The Balaban J connectivity index is 1.88. The Kier molecular flexibility index (Phi) is 5.60.